The zero-order chi connectivity index (χ0) is 26.3. The lowest BCUT2D eigenvalue weighted by Crippen LogP contribution is -2.41. The van der Waals surface area contributed by atoms with Crippen molar-refractivity contribution in [1.82, 2.24) is 0 Å². The predicted molar refractivity (Wildman–Crippen MR) is 147 cm³/mol. The number of fused-ring (bicyclic) bond motifs is 1. The fourth-order valence-electron chi connectivity index (χ4n) is 5.52. The number of nitrogens with one attached hydrogen (secondary N) is 2. The highest BCUT2D eigenvalue weighted by molar-refractivity contribution is 7.92. The number of anilines is 3. The monoisotopic (exact) mass is 520 g/mol. The summed E-state index contributed by atoms with van der Waals surface area (Å²) < 4.78 is 27.2. The van der Waals surface area contributed by atoms with Gasteiger partial charge >= 0.3 is 5.97 Å². The molecule has 0 amide bonds. The fraction of sp³-hybridized carbons (Fsp3) is 0.593. The van der Waals surface area contributed by atoms with Crippen molar-refractivity contribution >= 4 is 43.7 Å². The van der Waals surface area contributed by atoms with Gasteiger partial charge in [-0.05, 0) is 72.8 Å². The Kier molecular flexibility index (Phi) is 7.68. The van der Waals surface area contributed by atoms with E-state index < -0.39 is 16.0 Å². The largest absolute Gasteiger partial charge is 0.478 e. The molecule has 3 N–H and O–H groups in total. The minimum Gasteiger partial charge on any atom is -0.478 e. The van der Waals surface area contributed by atoms with E-state index in [2.05, 4.69) is 58.5 Å². The Hall–Kier alpha value is -2.06. The van der Waals surface area contributed by atoms with Gasteiger partial charge in [-0.1, -0.05) is 48.5 Å². The summed E-state index contributed by atoms with van der Waals surface area (Å²) >= 11 is 1.77. The average Bonchev–Trinajstić information content (AvgIpc) is 3.03. The summed E-state index contributed by atoms with van der Waals surface area (Å²) in [5.74, 6) is -0.0150. The Morgan fingerprint density at radius 1 is 1.23 bits per heavy atom. The van der Waals surface area contributed by atoms with Crippen LogP contribution in [0.4, 0.5) is 16.4 Å². The van der Waals surface area contributed by atoms with Gasteiger partial charge in [0.05, 0.1) is 22.0 Å². The van der Waals surface area contributed by atoms with E-state index >= 15 is 0 Å². The lowest BCUT2D eigenvalue weighted by atomic mass is 9.58. The van der Waals surface area contributed by atoms with Crippen LogP contribution in [0.5, 0.6) is 0 Å². The number of rotatable bonds is 9. The summed E-state index contributed by atoms with van der Waals surface area (Å²) in [5.41, 5.74) is 3.38. The Morgan fingerprint density at radius 3 is 2.46 bits per heavy atom. The summed E-state index contributed by atoms with van der Waals surface area (Å²) in [6, 6.07) is 4.72. The Bertz CT molecular complexity index is 1210. The molecular weight excluding hydrogens is 480 g/mol. The van der Waals surface area contributed by atoms with Gasteiger partial charge in [0.2, 0.25) is 10.0 Å². The van der Waals surface area contributed by atoms with Crippen molar-refractivity contribution in [2.24, 2.45) is 11.8 Å². The molecule has 0 radical (unpaired) electrons. The van der Waals surface area contributed by atoms with Crippen molar-refractivity contribution in [3.8, 4) is 0 Å². The minimum atomic E-state index is -3.63. The van der Waals surface area contributed by atoms with Gasteiger partial charge in [-0.25, -0.2) is 13.2 Å². The molecule has 194 valence electrons. The third kappa shape index (κ3) is 5.69. The van der Waals surface area contributed by atoms with Crippen LogP contribution in [0.1, 0.15) is 94.1 Å². The van der Waals surface area contributed by atoms with E-state index in [1.54, 1.807) is 30.4 Å². The average molecular weight is 521 g/mol. The molecule has 1 unspecified atom stereocenters. The fourth-order valence-corrected chi connectivity index (χ4v) is 8.25. The topological polar surface area (TPSA) is 95.5 Å². The van der Waals surface area contributed by atoms with Crippen molar-refractivity contribution in [3.63, 3.8) is 0 Å². The van der Waals surface area contributed by atoms with E-state index in [0.29, 0.717) is 23.9 Å². The molecule has 0 aliphatic heterocycles. The van der Waals surface area contributed by atoms with E-state index in [1.807, 2.05) is 0 Å². The molecule has 0 spiro atoms. The molecule has 0 bridgehead atoms. The molecule has 3 rings (SSSR count). The quantitative estimate of drug-likeness (QED) is 0.323. The standard InChI is InChI=1S/C27H40N2O4S2/c1-9-12-35(32,33)29-21-14-19(10-11-20(21)25(30)31)28-24-17(4)22-23(34-24)27(7,8)18(13-16(2)3)15-26(22,5)6/h10-11,14,16,18,28-29H,9,12-13,15H2,1-8H3,(H,30,31). The molecule has 1 aromatic carbocycles. The zero-order valence-electron chi connectivity index (χ0n) is 22.2. The van der Waals surface area contributed by atoms with Crippen LogP contribution < -0.4 is 10.0 Å². The molecule has 6 nitrogen and oxygen atoms in total. The van der Waals surface area contributed by atoms with Crippen molar-refractivity contribution < 1.29 is 18.3 Å². The van der Waals surface area contributed by atoms with Crippen LogP contribution in [-0.4, -0.2) is 25.2 Å². The van der Waals surface area contributed by atoms with Crippen molar-refractivity contribution in [1.29, 1.82) is 0 Å². The van der Waals surface area contributed by atoms with Crippen LogP contribution in [0, 0.1) is 18.8 Å². The highest BCUT2D eigenvalue weighted by atomic mass is 32.2. The van der Waals surface area contributed by atoms with Gasteiger partial charge in [-0.2, -0.15) is 0 Å². The van der Waals surface area contributed by atoms with Crippen LogP contribution >= 0.6 is 11.3 Å². The second-order valence-electron chi connectivity index (χ2n) is 11.5. The number of sulfonamides is 1. The smallest absolute Gasteiger partial charge is 0.337 e. The number of benzene rings is 1. The Balaban J connectivity index is 2.03. The number of carboxylic acids is 1. The van der Waals surface area contributed by atoms with E-state index in [0.717, 1.165) is 11.4 Å². The van der Waals surface area contributed by atoms with Crippen molar-refractivity contribution in [2.45, 2.75) is 85.5 Å². The first-order chi connectivity index (χ1) is 16.1. The number of aromatic carboxylic acids is 1. The molecule has 2 aromatic rings. The van der Waals surface area contributed by atoms with Crippen LogP contribution in [-0.2, 0) is 20.9 Å². The van der Waals surface area contributed by atoms with Crippen LogP contribution in [0.3, 0.4) is 0 Å². The Morgan fingerprint density at radius 2 is 1.89 bits per heavy atom. The van der Waals surface area contributed by atoms with E-state index in [-0.39, 0.29) is 27.8 Å². The normalized spacial score (nSPS) is 18.8. The van der Waals surface area contributed by atoms with Crippen molar-refractivity contribution in [3.05, 3.63) is 39.8 Å². The van der Waals surface area contributed by atoms with E-state index in [4.69, 9.17) is 0 Å². The first-order valence-electron chi connectivity index (χ1n) is 12.4. The van der Waals surface area contributed by atoms with E-state index in [9.17, 15) is 18.3 Å². The first-order valence-corrected chi connectivity index (χ1v) is 14.8. The summed E-state index contributed by atoms with van der Waals surface area (Å²) in [6.45, 7) is 17.9. The van der Waals surface area contributed by atoms with Gasteiger partial charge in [0, 0.05) is 16.0 Å². The SMILES string of the molecule is CCCS(=O)(=O)Nc1cc(Nc2sc3c(c2C)C(C)(C)CC(CC(C)C)C3(C)C)ccc1C(=O)O. The molecule has 1 atom stereocenters. The molecule has 1 aliphatic carbocycles. The molecular formula is C27H40N2O4S2. The second-order valence-corrected chi connectivity index (χ2v) is 14.4. The summed E-state index contributed by atoms with van der Waals surface area (Å²) in [4.78, 5) is 13.1. The van der Waals surface area contributed by atoms with Gasteiger partial charge in [-0.3, -0.25) is 4.72 Å². The van der Waals surface area contributed by atoms with Gasteiger partial charge in [0.25, 0.3) is 0 Å². The lowest BCUT2D eigenvalue weighted by molar-refractivity contribution is 0.0698. The predicted octanol–water partition coefficient (Wildman–Crippen LogP) is 7.27. The van der Waals surface area contributed by atoms with Crippen LogP contribution in [0.2, 0.25) is 0 Å². The molecule has 1 aliphatic rings. The molecule has 0 saturated carbocycles. The number of hydrogen-bond donors (Lipinski definition) is 3. The van der Waals surface area contributed by atoms with Gasteiger partial charge in [0.15, 0.2) is 0 Å². The second kappa shape index (κ2) is 9.77. The van der Waals surface area contributed by atoms with Gasteiger partial charge in [0.1, 0.15) is 0 Å². The maximum absolute atomic E-state index is 12.4. The molecule has 1 heterocycles. The summed E-state index contributed by atoms with van der Waals surface area (Å²) in [7, 11) is -3.63. The van der Waals surface area contributed by atoms with Gasteiger partial charge < -0.3 is 10.4 Å². The molecule has 1 aromatic heterocycles. The van der Waals surface area contributed by atoms with Crippen LogP contribution in [0.25, 0.3) is 0 Å². The third-order valence-electron chi connectivity index (χ3n) is 7.19. The molecule has 8 heteroatoms. The van der Waals surface area contributed by atoms with Crippen molar-refractivity contribution in [2.75, 3.05) is 15.8 Å². The van der Waals surface area contributed by atoms with Crippen LogP contribution in [0.15, 0.2) is 18.2 Å². The number of thiophene rings is 1. The number of hydrogen-bond acceptors (Lipinski definition) is 5. The first kappa shape index (κ1) is 27.5. The summed E-state index contributed by atoms with van der Waals surface area (Å²) in [5, 5.41) is 14.1. The number of carboxylic acid groups (broad SMARTS) is 1. The third-order valence-corrected chi connectivity index (χ3v) is 10.2. The maximum Gasteiger partial charge on any atom is 0.337 e. The molecule has 0 fully saturated rings. The Labute approximate surface area is 214 Å². The highest BCUT2D eigenvalue weighted by Crippen LogP contribution is 2.56. The zero-order valence-corrected chi connectivity index (χ0v) is 23.8. The van der Waals surface area contributed by atoms with E-state index in [1.165, 1.54) is 28.5 Å². The van der Waals surface area contributed by atoms with Gasteiger partial charge in [-0.15, -0.1) is 11.3 Å². The minimum absolute atomic E-state index is 0.0542. The molecule has 0 saturated heterocycles. The lowest BCUT2D eigenvalue weighted by Gasteiger charge is -2.47. The summed E-state index contributed by atoms with van der Waals surface area (Å²) in [6.07, 6.45) is 2.77. The maximum atomic E-state index is 12.4. The number of carbonyl (C=O) groups is 1. The molecule has 35 heavy (non-hydrogen) atoms. The highest BCUT2D eigenvalue weighted by Gasteiger charge is 2.46.